The van der Waals surface area contributed by atoms with Gasteiger partial charge in [-0.3, -0.25) is 14.9 Å². The van der Waals surface area contributed by atoms with Crippen molar-refractivity contribution in [3.63, 3.8) is 0 Å². The van der Waals surface area contributed by atoms with Crippen LogP contribution in [0.15, 0.2) is 42.5 Å². The molecule has 21 heavy (non-hydrogen) atoms. The lowest BCUT2D eigenvalue weighted by molar-refractivity contribution is -0.384. The molecule has 0 radical (unpaired) electrons. The Morgan fingerprint density at radius 3 is 2.43 bits per heavy atom. The maximum absolute atomic E-state index is 11.1. The molecule has 0 unspecified atom stereocenters. The summed E-state index contributed by atoms with van der Waals surface area (Å²) < 4.78 is 0. The fourth-order valence-corrected chi connectivity index (χ4v) is 1.94. The lowest BCUT2D eigenvalue weighted by Crippen LogP contribution is -2.11. The van der Waals surface area contributed by atoms with Crippen molar-refractivity contribution in [2.75, 3.05) is 11.9 Å². The molecule has 104 valence electrons. The van der Waals surface area contributed by atoms with E-state index in [0.29, 0.717) is 23.2 Å². The van der Waals surface area contributed by atoms with E-state index in [1.165, 1.54) is 18.2 Å². The molecule has 0 aliphatic rings. The molecule has 0 saturated carbocycles. The molecule has 0 aromatic heterocycles. The van der Waals surface area contributed by atoms with Crippen LogP contribution in [0.2, 0.25) is 0 Å². The van der Waals surface area contributed by atoms with Gasteiger partial charge in [0, 0.05) is 24.4 Å². The zero-order valence-electron chi connectivity index (χ0n) is 11.2. The molecule has 0 aliphatic heterocycles. The zero-order valence-corrected chi connectivity index (χ0v) is 11.2. The minimum Gasteiger partial charge on any atom is -0.339 e. The minimum atomic E-state index is -0.525. The van der Waals surface area contributed by atoms with Crippen LogP contribution in [0.4, 0.5) is 17.1 Å². The lowest BCUT2D eigenvalue weighted by atomic mass is 10.1. The lowest BCUT2D eigenvalue weighted by Gasteiger charge is -2.19. The van der Waals surface area contributed by atoms with Gasteiger partial charge >= 0.3 is 0 Å². The number of benzene rings is 2. The monoisotopic (exact) mass is 281 g/mol. The highest BCUT2D eigenvalue weighted by molar-refractivity contribution is 5.81. The van der Waals surface area contributed by atoms with Gasteiger partial charge < -0.3 is 4.90 Å². The first-order valence-corrected chi connectivity index (χ1v) is 6.04. The topological polar surface area (TPSA) is 87.2 Å². The minimum absolute atomic E-state index is 0.147. The smallest absolute Gasteiger partial charge is 0.293 e. The zero-order chi connectivity index (χ0) is 15.4. The van der Waals surface area contributed by atoms with E-state index in [4.69, 9.17) is 5.26 Å². The summed E-state index contributed by atoms with van der Waals surface area (Å²) in [6, 6.07) is 13.0. The first-order chi connectivity index (χ1) is 10.1. The van der Waals surface area contributed by atoms with E-state index >= 15 is 0 Å². The summed E-state index contributed by atoms with van der Waals surface area (Å²) >= 11 is 0. The standard InChI is InChI=1S/C15H11N3O3/c1-17(13-5-2-11(9-16)3-6-13)14-7-4-12(10-19)8-15(14)18(20)21/h2-8,10H,1H3. The van der Waals surface area contributed by atoms with Crippen LogP contribution in [0.1, 0.15) is 15.9 Å². The highest BCUT2D eigenvalue weighted by atomic mass is 16.6. The number of carbonyl (C=O) groups is 1. The number of aldehydes is 1. The van der Waals surface area contributed by atoms with Gasteiger partial charge in [0.25, 0.3) is 5.69 Å². The largest absolute Gasteiger partial charge is 0.339 e. The molecule has 6 nitrogen and oxygen atoms in total. The summed E-state index contributed by atoms with van der Waals surface area (Å²) in [4.78, 5) is 23.0. The fraction of sp³-hybridized carbons (Fsp3) is 0.0667. The number of nitro groups is 1. The maximum atomic E-state index is 11.1. The van der Waals surface area contributed by atoms with Crippen molar-refractivity contribution in [2.24, 2.45) is 0 Å². The molecule has 6 heteroatoms. The Kier molecular flexibility index (Phi) is 3.95. The van der Waals surface area contributed by atoms with Gasteiger partial charge in [-0.2, -0.15) is 5.26 Å². The first-order valence-electron chi connectivity index (χ1n) is 6.04. The molecule has 0 aliphatic carbocycles. The SMILES string of the molecule is CN(c1ccc(C#N)cc1)c1ccc(C=O)cc1[N+](=O)[O-]. The van der Waals surface area contributed by atoms with Gasteiger partial charge in [-0.05, 0) is 36.4 Å². The van der Waals surface area contributed by atoms with E-state index < -0.39 is 4.92 Å². The summed E-state index contributed by atoms with van der Waals surface area (Å²) in [6.45, 7) is 0. The third-order valence-corrected chi connectivity index (χ3v) is 3.08. The fourth-order valence-electron chi connectivity index (χ4n) is 1.94. The molecule has 0 N–H and O–H groups in total. The summed E-state index contributed by atoms with van der Waals surface area (Å²) in [7, 11) is 1.68. The van der Waals surface area contributed by atoms with Gasteiger partial charge in [-0.15, -0.1) is 0 Å². The predicted octanol–water partition coefficient (Wildman–Crippen LogP) is 3.05. The number of hydrogen-bond donors (Lipinski definition) is 0. The number of hydrogen-bond acceptors (Lipinski definition) is 5. The molecule has 0 spiro atoms. The number of nitriles is 1. The molecule has 0 bridgehead atoms. The van der Waals surface area contributed by atoms with E-state index in [-0.39, 0.29) is 11.3 Å². The van der Waals surface area contributed by atoms with Crippen molar-refractivity contribution < 1.29 is 9.72 Å². The van der Waals surface area contributed by atoms with Crippen molar-refractivity contribution in [1.29, 1.82) is 5.26 Å². The van der Waals surface area contributed by atoms with Crippen LogP contribution >= 0.6 is 0 Å². The van der Waals surface area contributed by atoms with E-state index in [2.05, 4.69) is 0 Å². The van der Waals surface area contributed by atoms with Gasteiger partial charge in [-0.25, -0.2) is 0 Å². The van der Waals surface area contributed by atoms with Crippen LogP contribution in [-0.4, -0.2) is 18.3 Å². The molecule has 0 saturated heterocycles. The third kappa shape index (κ3) is 2.87. The van der Waals surface area contributed by atoms with Crippen molar-refractivity contribution in [2.45, 2.75) is 0 Å². The Bertz CT molecular complexity index is 733. The molecule has 0 heterocycles. The van der Waals surface area contributed by atoms with Crippen molar-refractivity contribution in [3.05, 3.63) is 63.7 Å². The first kappa shape index (κ1) is 14.2. The average molecular weight is 281 g/mol. The number of anilines is 2. The Labute approximate surface area is 121 Å². The molecule has 2 rings (SSSR count). The van der Waals surface area contributed by atoms with Crippen LogP contribution in [0.5, 0.6) is 0 Å². The normalized spacial score (nSPS) is 9.71. The Balaban J connectivity index is 2.46. The van der Waals surface area contributed by atoms with Gasteiger partial charge in [0.2, 0.25) is 0 Å². The van der Waals surface area contributed by atoms with Crippen molar-refractivity contribution >= 4 is 23.3 Å². The maximum Gasteiger partial charge on any atom is 0.293 e. The highest BCUT2D eigenvalue weighted by Crippen LogP contribution is 2.32. The van der Waals surface area contributed by atoms with Gasteiger partial charge in [0.15, 0.2) is 0 Å². The molecule has 2 aromatic rings. The summed E-state index contributed by atoms with van der Waals surface area (Å²) in [6.07, 6.45) is 0.568. The second kappa shape index (κ2) is 5.84. The van der Waals surface area contributed by atoms with E-state index in [9.17, 15) is 14.9 Å². The van der Waals surface area contributed by atoms with Crippen LogP contribution in [0.3, 0.4) is 0 Å². The second-order valence-electron chi connectivity index (χ2n) is 4.34. The van der Waals surface area contributed by atoms with Crippen molar-refractivity contribution in [3.8, 4) is 6.07 Å². The average Bonchev–Trinajstić information content (AvgIpc) is 2.53. The summed E-state index contributed by atoms with van der Waals surface area (Å²) in [5.41, 5.74) is 1.69. The predicted molar refractivity (Wildman–Crippen MR) is 77.7 cm³/mol. The molecule has 2 aromatic carbocycles. The van der Waals surface area contributed by atoms with Crippen molar-refractivity contribution in [1.82, 2.24) is 0 Å². The molecule has 0 amide bonds. The number of nitrogens with zero attached hydrogens (tertiary/aromatic N) is 3. The quantitative estimate of drug-likeness (QED) is 0.488. The molecular weight excluding hydrogens is 270 g/mol. The Morgan fingerprint density at radius 1 is 1.24 bits per heavy atom. The second-order valence-corrected chi connectivity index (χ2v) is 4.34. The van der Waals surface area contributed by atoms with Gasteiger partial charge in [0.05, 0.1) is 16.6 Å². The van der Waals surface area contributed by atoms with Crippen LogP contribution in [0, 0.1) is 21.4 Å². The van der Waals surface area contributed by atoms with Crippen LogP contribution in [-0.2, 0) is 0 Å². The molecular formula is C15H11N3O3. The highest BCUT2D eigenvalue weighted by Gasteiger charge is 2.18. The summed E-state index contributed by atoms with van der Waals surface area (Å²) in [5, 5.41) is 19.9. The Hall–Kier alpha value is -3.20. The number of nitro benzene ring substituents is 1. The Morgan fingerprint density at radius 2 is 1.90 bits per heavy atom. The van der Waals surface area contributed by atoms with Crippen LogP contribution in [0.25, 0.3) is 0 Å². The van der Waals surface area contributed by atoms with Gasteiger partial charge in [0.1, 0.15) is 12.0 Å². The van der Waals surface area contributed by atoms with Crippen LogP contribution < -0.4 is 4.90 Å². The summed E-state index contributed by atoms with van der Waals surface area (Å²) in [5.74, 6) is 0. The molecule has 0 fully saturated rings. The number of carbonyl (C=O) groups excluding carboxylic acids is 1. The number of rotatable bonds is 4. The molecule has 0 atom stereocenters. The van der Waals surface area contributed by atoms with E-state index in [1.54, 1.807) is 36.2 Å². The van der Waals surface area contributed by atoms with E-state index in [0.717, 1.165) is 0 Å². The third-order valence-electron chi connectivity index (χ3n) is 3.08. The van der Waals surface area contributed by atoms with Gasteiger partial charge in [-0.1, -0.05) is 0 Å². The van der Waals surface area contributed by atoms with E-state index in [1.807, 2.05) is 6.07 Å².